The molecule has 1 atom stereocenters. The predicted molar refractivity (Wildman–Crippen MR) is 79.5 cm³/mol. The van der Waals surface area contributed by atoms with Crippen LogP contribution in [0.4, 0.5) is 0 Å². The van der Waals surface area contributed by atoms with Crippen LogP contribution >= 0.6 is 0 Å². The van der Waals surface area contributed by atoms with Gasteiger partial charge in [-0.2, -0.15) is 0 Å². The summed E-state index contributed by atoms with van der Waals surface area (Å²) in [6.07, 6.45) is 5.27. The van der Waals surface area contributed by atoms with Gasteiger partial charge in [-0.25, -0.2) is 0 Å². The van der Waals surface area contributed by atoms with E-state index in [1.807, 2.05) is 0 Å². The van der Waals surface area contributed by atoms with E-state index in [1.165, 1.54) is 38.8 Å². The van der Waals surface area contributed by atoms with Crippen LogP contribution in [-0.4, -0.2) is 24.0 Å². The van der Waals surface area contributed by atoms with Crippen molar-refractivity contribution >= 4 is 0 Å². The topological polar surface area (TPSA) is 3.24 Å². The van der Waals surface area contributed by atoms with Crippen molar-refractivity contribution in [3.05, 3.63) is 0 Å². The van der Waals surface area contributed by atoms with Gasteiger partial charge in [-0.05, 0) is 30.7 Å². The molecule has 0 aliphatic heterocycles. The van der Waals surface area contributed by atoms with E-state index in [9.17, 15) is 0 Å². The van der Waals surface area contributed by atoms with Crippen molar-refractivity contribution in [2.24, 2.45) is 11.3 Å². The first-order chi connectivity index (χ1) is 7.87. The summed E-state index contributed by atoms with van der Waals surface area (Å²) in [7, 11) is 0. The van der Waals surface area contributed by atoms with Gasteiger partial charge in [0, 0.05) is 12.6 Å². The van der Waals surface area contributed by atoms with Gasteiger partial charge in [0.2, 0.25) is 0 Å². The molecule has 104 valence electrons. The average Bonchev–Trinajstić information content (AvgIpc) is 2.22. The summed E-state index contributed by atoms with van der Waals surface area (Å²) in [5.41, 5.74) is 0.464. The van der Waals surface area contributed by atoms with Crippen molar-refractivity contribution in [2.75, 3.05) is 13.1 Å². The molecule has 0 aliphatic carbocycles. The van der Waals surface area contributed by atoms with E-state index in [4.69, 9.17) is 0 Å². The van der Waals surface area contributed by atoms with E-state index in [1.54, 1.807) is 0 Å². The zero-order valence-electron chi connectivity index (χ0n) is 13.3. The number of nitrogens with zero attached hydrogens (tertiary/aromatic N) is 1. The lowest BCUT2D eigenvalue weighted by molar-refractivity contribution is 0.0957. The summed E-state index contributed by atoms with van der Waals surface area (Å²) in [6, 6.07) is 0.765. The molecule has 0 fully saturated rings. The van der Waals surface area contributed by atoms with E-state index in [0.29, 0.717) is 5.41 Å². The summed E-state index contributed by atoms with van der Waals surface area (Å²) in [6.45, 7) is 18.9. The van der Waals surface area contributed by atoms with Crippen molar-refractivity contribution < 1.29 is 0 Å². The van der Waals surface area contributed by atoms with Crippen molar-refractivity contribution in [3.63, 3.8) is 0 Å². The Labute approximate surface area is 110 Å². The van der Waals surface area contributed by atoms with Crippen LogP contribution in [0.25, 0.3) is 0 Å². The van der Waals surface area contributed by atoms with E-state index >= 15 is 0 Å². The van der Waals surface area contributed by atoms with Crippen molar-refractivity contribution in [2.45, 2.75) is 80.2 Å². The second-order valence-electron chi connectivity index (χ2n) is 6.58. The molecule has 17 heavy (non-hydrogen) atoms. The van der Waals surface area contributed by atoms with Crippen LogP contribution < -0.4 is 0 Å². The molecule has 0 aromatic heterocycles. The van der Waals surface area contributed by atoms with Gasteiger partial charge < -0.3 is 0 Å². The largest absolute Gasteiger partial charge is 0.300 e. The first-order valence-corrected chi connectivity index (χ1v) is 7.62. The number of rotatable bonds is 9. The standard InChI is InChI=1S/C16H35N/c1-8-11-15(14(4)5)17(10-3)13-16(6,7)12-9-2/h14-15H,8-13H2,1-7H3. The molecule has 1 heteroatoms. The minimum absolute atomic E-state index is 0.464. The van der Waals surface area contributed by atoms with Crippen LogP contribution in [0.15, 0.2) is 0 Å². The van der Waals surface area contributed by atoms with Crippen LogP contribution in [0.5, 0.6) is 0 Å². The second kappa shape index (κ2) is 8.13. The second-order valence-corrected chi connectivity index (χ2v) is 6.58. The van der Waals surface area contributed by atoms with Gasteiger partial charge in [0.05, 0.1) is 0 Å². The van der Waals surface area contributed by atoms with Crippen LogP contribution in [0, 0.1) is 11.3 Å². The lowest BCUT2D eigenvalue weighted by Crippen LogP contribution is -2.44. The fourth-order valence-electron chi connectivity index (χ4n) is 3.00. The summed E-state index contributed by atoms with van der Waals surface area (Å²) < 4.78 is 0. The van der Waals surface area contributed by atoms with Crippen LogP contribution in [-0.2, 0) is 0 Å². The molecule has 0 saturated carbocycles. The minimum atomic E-state index is 0.464. The normalized spacial score (nSPS) is 14.6. The highest BCUT2D eigenvalue weighted by atomic mass is 15.2. The van der Waals surface area contributed by atoms with Crippen LogP contribution in [0.3, 0.4) is 0 Å². The Hall–Kier alpha value is -0.0400. The van der Waals surface area contributed by atoms with Gasteiger partial charge in [0.15, 0.2) is 0 Å². The Morgan fingerprint density at radius 1 is 1.00 bits per heavy atom. The molecule has 0 spiro atoms. The van der Waals surface area contributed by atoms with E-state index in [2.05, 4.69) is 53.4 Å². The molecule has 0 radical (unpaired) electrons. The molecule has 0 amide bonds. The average molecular weight is 241 g/mol. The maximum atomic E-state index is 2.71. The van der Waals surface area contributed by atoms with Gasteiger partial charge in [0.1, 0.15) is 0 Å². The summed E-state index contributed by atoms with van der Waals surface area (Å²) in [5.74, 6) is 0.771. The van der Waals surface area contributed by atoms with Gasteiger partial charge in [-0.1, -0.05) is 61.3 Å². The molecule has 0 bridgehead atoms. The highest BCUT2D eigenvalue weighted by Crippen LogP contribution is 2.27. The number of hydrogen-bond acceptors (Lipinski definition) is 1. The molecule has 0 aliphatic rings. The van der Waals surface area contributed by atoms with Crippen LogP contribution in [0.2, 0.25) is 0 Å². The van der Waals surface area contributed by atoms with Crippen molar-refractivity contribution in [1.29, 1.82) is 0 Å². The zero-order valence-corrected chi connectivity index (χ0v) is 13.3. The van der Waals surface area contributed by atoms with E-state index < -0.39 is 0 Å². The lowest BCUT2D eigenvalue weighted by atomic mass is 9.86. The lowest BCUT2D eigenvalue weighted by Gasteiger charge is -2.39. The predicted octanol–water partition coefficient (Wildman–Crippen LogP) is 4.96. The third kappa shape index (κ3) is 6.45. The zero-order chi connectivity index (χ0) is 13.5. The minimum Gasteiger partial charge on any atom is -0.300 e. The molecule has 0 rings (SSSR count). The third-order valence-corrected chi connectivity index (χ3v) is 3.79. The fraction of sp³-hybridized carbons (Fsp3) is 1.00. The van der Waals surface area contributed by atoms with Gasteiger partial charge >= 0.3 is 0 Å². The Balaban J connectivity index is 4.56. The summed E-state index contributed by atoms with van der Waals surface area (Å²) >= 11 is 0. The van der Waals surface area contributed by atoms with Crippen LogP contribution in [0.1, 0.15) is 74.1 Å². The molecule has 0 heterocycles. The summed E-state index contributed by atoms with van der Waals surface area (Å²) in [5, 5.41) is 0. The molecule has 0 saturated heterocycles. The van der Waals surface area contributed by atoms with Crippen molar-refractivity contribution in [1.82, 2.24) is 4.90 Å². The van der Waals surface area contributed by atoms with Gasteiger partial charge in [0.25, 0.3) is 0 Å². The maximum absolute atomic E-state index is 2.71. The maximum Gasteiger partial charge on any atom is 0.0118 e. The fourth-order valence-corrected chi connectivity index (χ4v) is 3.00. The Kier molecular flexibility index (Phi) is 8.11. The molecule has 0 aromatic rings. The molecular formula is C16H35N. The molecule has 0 N–H and O–H groups in total. The van der Waals surface area contributed by atoms with Crippen molar-refractivity contribution in [3.8, 4) is 0 Å². The number of hydrogen-bond donors (Lipinski definition) is 0. The quantitative estimate of drug-likeness (QED) is 0.551. The van der Waals surface area contributed by atoms with Gasteiger partial charge in [-0.3, -0.25) is 4.90 Å². The molecular weight excluding hydrogens is 206 g/mol. The SMILES string of the molecule is CCCC(C(C)C)N(CC)CC(C)(C)CCC. The van der Waals surface area contributed by atoms with Gasteiger partial charge in [-0.15, -0.1) is 0 Å². The first kappa shape index (κ1) is 17.0. The third-order valence-electron chi connectivity index (χ3n) is 3.79. The smallest absolute Gasteiger partial charge is 0.0118 e. The molecule has 0 aromatic carbocycles. The first-order valence-electron chi connectivity index (χ1n) is 7.62. The Bertz CT molecular complexity index is 184. The molecule has 1 nitrogen and oxygen atoms in total. The Morgan fingerprint density at radius 3 is 1.94 bits per heavy atom. The molecule has 1 unspecified atom stereocenters. The highest BCUT2D eigenvalue weighted by molar-refractivity contribution is 4.80. The highest BCUT2D eigenvalue weighted by Gasteiger charge is 2.26. The monoisotopic (exact) mass is 241 g/mol. The summed E-state index contributed by atoms with van der Waals surface area (Å²) in [4.78, 5) is 2.71. The van der Waals surface area contributed by atoms with E-state index in [-0.39, 0.29) is 0 Å². The van der Waals surface area contributed by atoms with E-state index in [0.717, 1.165) is 12.0 Å². The Morgan fingerprint density at radius 2 is 1.59 bits per heavy atom.